The normalized spacial score (nSPS) is 24.9. The maximum absolute atomic E-state index is 12.9. The summed E-state index contributed by atoms with van der Waals surface area (Å²) in [6, 6.07) is 0. The molecule has 23 heavy (non-hydrogen) atoms. The van der Waals surface area contributed by atoms with Gasteiger partial charge in [-0.3, -0.25) is 4.79 Å². The molecule has 0 unspecified atom stereocenters. The van der Waals surface area contributed by atoms with Crippen molar-refractivity contribution in [1.82, 2.24) is 14.9 Å². The Morgan fingerprint density at radius 1 is 1.30 bits per heavy atom. The Hall–Kier alpha value is -1.86. The first-order valence-corrected chi connectivity index (χ1v) is 7.74. The van der Waals surface area contributed by atoms with E-state index in [4.69, 9.17) is 5.73 Å². The summed E-state index contributed by atoms with van der Waals surface area (Å²) in [6.07, 6.45) is -2.59. The highest BCUT2D eigenvalue weighted by Gasteiger charge is 2.43. The number of fused-ring (bicyclic) bond motifs is 1. The van der Waals surface area contributed by atoms with E-state index >= 15 is 0 Å². The molecule has 1 aromatic heterocycles. The molecule has 2 aliphatic rings. The number of halogens is 3. The fraction of sp³-hybridized carbons (Fsp3) is 0.667. The monoisotopic (exact) mass is 328 g/mol. The number of anilines is 1. The van der Waals surface area contributed by atoms with Crippen molar-refractivity contribution >= 4 is 11.9 Å². The Kier molecular flexibility index (Phi) is 3.93. The van der Waals surface area contributed by atoms with Crippen molar-refractivity contribution in [3.05, 3.63) is 17.0 Å². The molecule has 1 aliphatic heterocycles. The van der Waals surface area contributed by atoms with Crippen LogP contribution in [-0.2, 0) is 6.54 Å². The SMILES string of the molecule is Cc1nc(N)nc2c1C(=O)N(C[C@@H]1CCC[C@H](C(F)(F)F)C1)C2. The van der Waals surface area contributed by atoms with E-state index in [-0.39, 0.29) is 30.6 Å². The van der Waals surface area contributed by atoms with Crippen LogP contribution in [0.2, 0.25) is 0 Å². The molecule has 5 nitrogen and oxygen atoms in total. The van der Waals surface area contributed by atoms with E-state index in [1.807, 2.05) is 0 Å². The summed E-state index contributed by atoms with van der Waals surface area (Å²) in [5.41, 5.74) is 7.14. The van der Waals surface area contributed by atoms with Crippen LogP contribution in [0.4, 0.5) is 19.1 Å². The van der Waals surface area contributed by atoms with Crippen LogP contribution in [0.5, 0.6) is 0 Å². The van der Waals surface area contributed by atoms with Crippen molar-refractivity contribution in [2.75, 3.05) is 12.3 Å². The largest absolute Gasteiger partial charge is 0.391 e. The molecule has 126 valence electrons. The van der Waals surface area contributed by atoms with E-state index in [2.05, 4.69) is 9.97 Å². The first-order valence-electron chi connectivity index (χ1n) is 7.74. The minimum Gasteiger partial charge on any atom is -0.368 e. The van der Waals surface area contributed by atoms with E-state index in [1.165, 1.54) is 0 Å². The lowest BCUT2D eigenvalue weighted by Crippen LogP contribution is -2.35. The average molecular weight is 328 g/mol. The van der Waals surface area contributed by atoms with Crippen LogP contribution < -0.4 is 5.73 Å². The van der Waals surface area contributed by atoms with Crippen LogP contribution in [0.25, 0.3) is 0 Å². The molecule has 8 heteroatoms. The van der Waals surface area contributed by atoms with Gasteiger partial charge in [-0.2, -0.15) is 13.2 Å². The Morgan fingerprint density at radius 2 is 2.04 bits per heavy atom. The topological polar surface area (TPSA) is 72.1 Å². The highest BCUT2D eigenvalue weighted by Crippen LogP contribution is 2.40. The molecule has 1 aliphatic carbocycles. The van der Waals surface area contributed by atoms with Crippen molar-refractivity contribution < 1.29 is 18.0 Å². The highest BCUT2D eigenvalue weighted by molar-refractivity contribution is 5.98. The third-order valence-corrected chi connectivity index (χ3v) is 4.75. The van der Waals surface area contributed by atoms with E-state index in [0.717, 1.165) is 6.42 Å². The number of aromatic nitrogens is 2. The zero-order valence-corrected chi connectivity index (χ0v) is 12.9. The van der Waals surface area contributed by atoms with Crippen molar-refractivity contribution in [3.8, 4) is 0 Å². The summed E-state index contributed by atoms with van der Waals surface area (Å²) in [4.78, 5) is 22.1. The second kappa shape index (κ2) is 5.65. The molecule has 0 aromatic carbocycles. The number of amides is 1. The third-order valence-electron chi connectivity index (χ3n) is 4.75. The van der Waals surface area contributed by atoms with Crippen LogP contribution in [0.1, 0.15) is 47.4 Å². The maximum Gasteiger partial charge on any atom is 0.391 e. The first kappa shape index (κ1) is 16.0. The number of carbonyl (C=O) groups excluding carboxylic acids is 1. The number of nitrogens with zero attached hydrogens (tertiary/aromatic N) is 3. The van der Waals surface area contributed by atoms with Gasteiger partial charge in [-0.15, -0.1) is 0 Å². The van der Waals surface area contributed by atoms with Crippen LogP contribution in [0, 0.1) is 18.8 Å². The van der Waals surface area contributed by atoms with Gasteiger partial charge in [0.25, 0.3) is 5.91 Å². The third kappa shape index (κ3) is 3.11. The first-order chi connectivity index (χ1) is 10.8. The minimum absolute atomic E-state index is 0.0937. The second-order valence-corrected chi connectivity index (χ2v) is 6.45. The molecule has 0 bridgehead atoms. The number of alkyl halides is 3. The van der Waals surface area contributed by atoms with Crippen molar-refractivity contribution in [1.29, 1.82) is 0 Å². The van der Waals surface area contributed by atoms with Gasteiger partial charge >= 0.3 is 6.18 Å². The number of rotatable bonds is 2. The molecule has 2 heterocycles. The van der Waals surface area contributed by atoms with Gasteiger partial charge in [0.2, 0.25) is 5.95 Å². The van der Waals surface area contributed by atoms with Gasteiger partial charge in [-0.1, -0.05) is 6.42 Å². The van der Waals surface area contributed by atoms with Gasteiger partial charge in [-0.05, 0) is 32.1 Å². The Morgan fingerprint density at radius 3 is 2.74 bits per heavy atom. The molecule has 1 amide bonds. The molecule has 2 atom stereocenters. The van der Waals surface area contributed by atoms with Crippen molar-refractivity contribution in [2.24, 2.45) is 11.8 Å². The van der Waals surface area contributed by atoms with Gasteiger partial charge in [0.1, 0.15) is 0 Å². The summed E-state index contributed by atoms with van der Waals surface area (Å²) < 4.78 is 38.7. The zero-order valence-electron chi connectivity index (χ0n) is 12.9. The summed E-state index contributed by atoms with van der Waals surface area (Å²) in [5, 5.41) is 0. The number of aryl methyl sites for hydroxylation is 1. The molecule has 0 radical (unpaired) electrons. The molecular weight excluding hydrogens is 309 g/mol. The van der Waals surface area contributed by atoms with E-state index < -0.39 is 12.1 Å². The Bertz CT molecular complexity index is 632. The van der Waals surface area contributed by atoms with Crippen LogP contribution >= 0.6 is 0 Å². The molecule has 0 spiro atoms. The molecule has 1 saturated carbocycles. The quantitative estimate of drug-likeness (QED) is 0.906. The van der Waals surface area contributed by atoms with E-state index in [0.29, 0.717) is 36.5 Å². The summed E-state index contributed by atoms with van der Waals surface area (Å²) >= 11 is 0. The summed E-state index contributed by atoms with van der Waals surface area (Å²) in [6.45, 7) is 2.33. The standard InChI is InChI=1S/C15H19F3N4O/c1-8-12-11(21-14(19)20-8)7-22(13(12)23)6-9-3-2-4-10(5-9)15(16,17)18/h9-10H,2-7H2,1H3,(H2,19,20,21)/t9-,10+/m1/s1. The van der Waals surface area contributed by atoms with Gasteiger partial charge in [0.05, 0.1) is 29.4 Å². The molecular formula is C15H19F3N4O. The lowest BCUT2D eigenvalue weighted by Gasteiger charge is -2.32. The van der Waals surface area contributed by atoms with Gasteiger partial charge in [0.15, 0.2) is 0 Å². The van der Waals surface area contributed by atoms with Gasteiger partial charge in [-0.25, -0.2) is 9.97 Å². The number of hydrogen-bond donors (Lipinski definition) is 1. The van der Waals surface area contributed by atoms with Gasteiger partial charge in [0, 0.05) is 6.54 Å². The molecule has 1 fully saturated rings. The smallest absolute Gasteiger partial charge is 0.368 e. The van der Waals surface area contributed by atoms with E-state index in [1.54, 1.807) is 11.8 Å². The van der Waals surface area contributed by atoms with Crippen LogP contribution in [0.15, 0.2) is 0 Å². The molecule has 2 N–H and O–H groups in total. The average Bonchev–Trinajstić information content (AvgIpc) is 2.74. The zero-order chi connectivity index (χ0) is 16.8. The Balaban J connectivity index is 1.70. The molecule has 1 aromatic rings. The van der Waals surface area contributed by atoms with Crippen molar-refractivity contribution in [2.45, 2.75) is 45.3 Å². The predicted molar refractivity (Wildman–Crippen MR) is 77.4 cm³/mol. The lowest BCUT2D eigenvalue weighted by atomic mass is 9.81. The fourth-order valence-electron chi connectivity index (χ4n) is 3.67. The number of carbonyl (C=O) groups is 1. The molecule has 3 rings (SSSR count). The second-order valence-electron chi connectivity index (χ2n) is 6.45. The summed E-state index contributed by atoms with van der Waals surface area (Å²) in [7, 11) is 0. The van der Waals surface area contributed by atoms with E-state index in [9.17, 15) is 18.0 Å². The Labute approximate surface area is 132 Å². The van der Waals surface area contributed by atoms with Crippen molar-refractivity contribution in [3.63, 3.8) is 0 Å². The maximum atomic E-state index is 12.9. The number of hydrogen-bond acceptors (Lipinski definition) is 4. The minimum atomic E-state index is -4.15. The highest BCUT2D eigenvalue weighted by atomic mass is 19.4. The molecule has 0 saturated heterocycles. The van der Waals surface area contributed by atoms with Gasteiger partial charge < -0.3 is 10.6 Å². The lowest BCUT2D eigenvalue weighted by molar-refractivity contribution is -0.186. The summed E-state index contributed by atoms with van der Waals surface area (Å²) in [5.74, 6) is -1.46. The van der Waals surface area contributed by atoms with Crippen LogP contribution in [-0.4, -0.2) is 33.5 Å². The number of nitrogens with two attached hydrogens (primary N) is 1. The fourth-order valence-corrected chi connectivity index (χ4v) is 3.67. The number of nitrogen functional groups attached to an aromatic ring is 1. The van der Waals surface area contributed by atoms with Crippen LogP contribution in [0.3, 0.4) is 0 Å². The predicted octanol–water partition coefficient (Wildman–Crippen LogP) is 2.69.